The molecule has 0 radical (unpaired) electrons. The highest BCUT2D eigenvalue weighted by molar-refractivity contribution is 7.89. The third kappa shape index (κ3) is 5.70. The molecule has 0 spiro atoms. The number of nitrogens with zero attached hydrogens (tertiary/aromatic N) is 2. The Labute approximate surface area is 167 Å². The van der Waals surface area contributed by atoms with Crippen LogP contribution in [0.4, 0.5) is 27.5 Å². The highest BCUT2D eigenvalue weighted by Crippen LogP contribution is 2.22. The normalized spacial score (nSPS) is 11.3. The average molecular weight is 417 g/mol. The van der Waals surface area contributed by atoms with Crippen LogP contribution in [0.5, 0.6) is 0 Å². The van der Waals surface area contributed by atoms with Crippen LogP contribution < -0.4 is 15.8 Å². The van der Waals surface area contributed by atoms with Crippen molar-refractivity contribution in [2.75, 3.05) is 17.2 Å². The van der Waals surface area contributed by atoms with Crippen molar-refractivity contribution in [3.63, 3.8) is 0 Å². The highest BCUT2D eigenvalue weighted by Gasteiger charge is 2.11. The second-order valence-corrected chi connectivity index (χ2v) is 7.80. The van der Waals surface area contributed by atoms with Gasteiger partial charge in [0, 0.05) is 18.0 Å². The van der Waals surface area contributed by atoms with Crippen molar-refractivity contribution in [1.29, 1.82) is 0 Å². The molecule has 5 N–H and O–H groups in total. The number of hydrogen-bond donors (Lipinski definition) is 4. The molecule has 0 bridgehead atoms. The molecule has 10 heteroatoms. The van der Waals surface area contributed by atoms with Crippen LogP contribution in [-0.2, 0) is 16.4 Å². The molecule has 3 aromatic rings. The van der Waals surface area contributed by atoms with Crippen molar-refractivity contribution in [2.45, 2.75) is 17.7 Å². The molecular formula is C19H20FN5O3S. The van der Waals surface area contributed by atoms with E-state index in [-0.39, 0.29) is 23.3 Å². The summed E-state index contributed by atoms with van der Waals surface area (Å²) >= 11 is 0. The number of nitrogens with one attached hydrogen (secondary N) is 2. The largest absolute Gasteiger partial charge is 0.396 e. The van der Waals surface area contributed by atoms with Gasteiger partial charge in [0.2, 0.25) is 16.0 Å². The summed E-state index contributed by atoms with van der Waals surface area (Å²) in [7, 11) is -3.85. The third-order valence-electron chi connectivity index (χ3n) is 4.00. The molecule has 2 aromatic carbocycles. The minimum Gasteiger partial charge on any atom is -0.396 e. The second-order valence-electron chi connectivity index (χ2n) is 6.24. The molecule has 0 unspecified atom stereocenters. The first-order valence-electron chi connectivity index (χ1n) is 8.74. The predicted molar refractivity (Wildman–Crippen MR) is 108 cm³/mol. The summed E-state index contributed by atoms with van der Waals surface area (Å²) in [4.78, 5) is 7.91. The zero-order valence-corrected chi connectivity index (χ0v) is 16.2. The molecule has 8 nitrogen and oxygen atoms in total. The van der Waals surface area contributed by atoms with E-state index >= 15 is 0 Å². The lowest BCUT2D eigenvalue weighted by atomic mass is 10.1. The van der Waals surface area contributed by atoms with Gasteiger partial charge in [-0.2, -0.15) is 4.98 Å². The Morgan fingerprint density at radius 2 is 1.83 bits per heavy atom. The number of anilines is 4. The van der Waals surface area contributed by atoms with Crippen molar-refractivity contribution >= 4 is 33.2 Å². The van der Waals surface area contributed by atoms with E-state index in [1.54, 1.807) is 18.2 Å². The van der Waals surface area contributed by atoms with Gasteiger partial charge in [0.25, 0.3) is 0 Å². The Morgan fingerprint density at radius 1 is 1.07 bits per heavy atom. The fraction of sp³-hybridized carbons (Fsp3) is 0.158. The topological polar surface area (TPSA) is 130 Å². The lowest BCUT2D eigenvalue weighted by Gasteiger charge is -2.10. The van der Waals surface area contributed by atoms with Crippen molar-refractivity contribution in [3.05, 3.63) is 66.1 Å². The smallest absolute Gasteiger partial charge is 0.238 e. The Bertz CT molecular complexity index is 1090. The first kappa shape index (κ1) is 20.6. The number of halogens is 1. The van der Waals surface area contributed by atoms with Gasteiger partial charge in [0.15, 0.2) is 11.6 Å². The number of rotatable bonds is 8. The van der Waals surface area contributed by atoms with E-state index in [2.05, 4.69) is 20.6 Å². The van der Waals surface area contributed by atoms with Crippen LogP contribution in [-0.4, -0.2) is 30.1 Å². The molecule has 152 valence electrons. The first-order chi connectivity index (χ1) is 13.8. The Hall–Kier alpha value is -3.08. The van der Waals surface area contributed by atoms with E-state index in [1.165, 1.54) is 18.2 Å². The van der Waals surface area contributed by atoms with Gasteiger partial charge in [0.05, 0.1) is 11.1 Å². The molecule has 29 heavy (non-hydrogen) atoms. The maximum absolute atomic E-state index is 14.1. The number of aromatic nitrogens is 2. The van der Waals surface area contributed by atoms with Gasteiger partial charge < -0.3 is 15.7 Å². The number of benzene rings is 2. The van der Waals surface area contributed by atoms with Gasteiger partial charge in [-0.1, -0.05) is 18.2 Å². The number of aliphatic hydroxyl groups excluding tert-OH is 1. The van der Waals surface area contributed by atoms with E-state index in [0.29, 0.717) is 17.8 Å². The minimum atomic E-state index is -3.85. The zero-order chi connectivity index (χ0) is 20.9. The van der Waals surface area contributed by atoms with E-state index in [4.69, 9.17) is 10.2 Å². The number of aryl methyl sites for hydroxylation is 1. The summed E-state index contributed by atoms with van der Waals surface area (Å²) in [6.07, 6.45) is 2.44. The molecule has 3 rings (SSSR count). The average Bonchev–Trinajstić information content (AvgIpc) is 2.69. The fourth-order valence-electron chi connectivity index (χ4n) is 2.57. The highest BCUT2D eigenvalue weighted by atomic mass is 32.2. The Balaban J connectivity index is 1.76. The summed E-state index contributed by atoms with van der Waals surface area (Å²) in [6, 6.07) is 13.2. The molecule has 0 fully saturated rings. The Morgan fingerprint density at radius 3 is 2.52 bits per heavy atom. The van der Waals surface area contributed by atoms with Crippen molar-refractivity contribution in [2.24, 2.45) is 5.14 Å². The van der Waals surface area contributed by atoms with Crippen LogP contribution in [0.2, 0.25) is 0 Å². The van der Waals surface area contributed by atoms with Crippen molar-refractivity contribution in [3.8, 4) is 0 Å². The number of sulfonamides is 1. The maximum atomic E-state index is 14.1. The van der Waals surface area contributed by atoms with Gasteiger partial charge in [-0.3, -0.25) is 0 Å². The number of primary sulfonamides is 1. The maximum Gasteiger partial charge on any atom is 0.238 e. The molecule has 0 saturated heterocycles. The predicted octanol–water partition coefficient (Wildman–Crippen LogP) is 2.68. The molecule has 0 aliphatic rings. The monoisotopic (exact) mass is 417 g/mol. The molecular weight excluding hydrogens is 397 g/mol. The first-order valence-corrected chi connectivity index (χ1v) is 10.3. The summed E-state index contributed by atoms with van der Waals surface area (Å²) in [5, 5.41) is 19.7. The van der Waals surface area contributed by atoms with Gasteiger partial charge in [-0.25, -0.2) is 22.9 Å². The van der Waals surface area contributed by atoms with E-state index < -0.39 is 15.8 Å². The van der Waals surface area contributed by atoms with Crippen LogP contribution in [0, 0.1) is 5.82 Å². The fourth-order valence-corrected chi connectivity index (χ4v) is 3.13. The summed E-state index contributed by atoms with van der Waals surface area (Å²) in [5.41, 5.74) is 2.09. The second kappa shape index (κ2) is 8.95. The van der Waals surface area contributed by atoms with Crippen molar-refractivity contribution < 1.29 is 17.9 Å². The summed E-state index contributed by atoms with van der Waals surface area (Å²) < 4.78 is 37.1. The molecule has 0 aliphatic carbocycles. The molecule has 1 aromatic heterocycles. The zero-order valence-electron chi connectivity index (χ0n) is 15.3. The SMILES string of the molecule is NS(=O)(=O)c1cccc(Nc2ncc(F)c(Nc3ccc(CCCO)cc3)n2)c1. The van der Waals surface area contributed by atoms with Gasteiger partial charge in [0.1, 0.15) is 0 Å². The Kier molecular flexibility index (Phi) is 6.37. The molecule has 0 saturated carbocycles. The standard InChI is InChI=1S/C19H20FN5O3S/c20-17-12-22-19(24-15-4-1-5-16(11-15)29(21,27)28)25-18(17)23-14-8-6-13(7-9-14)3-2-10-26/h1,4-9,11-12,26H,2-3,10H2,(H2,21,27,28)(H2,22,23,24,25). The van der Waals surface area contributed by atoms with Crippen LogP contribution in [0.3, 0.4) is 0 Å². The molecule has 0 amide bonds. The molecule has 0 aliphatic heterocycles. The van der Waals surface area contributed by atoms with Crippen LogP contribution >= 0.6 is 0 Å². The van der Waals surface area contributed by atoms with Crippen LogP contribution in [0.1, 0.15) is 12.0 Å². The summed E-state index contributed by atoms with van der Waals surface area (Å²) in [5.74, 6) is -0.591. The molecule has 1 heterocycles. The number of aliphatic hydroxyl groups is 1. The quantitative estimate of drug-likeness (QED) is 0.443. The lowest BCUT2D eigenvalue weighted by Crippen LogP contribution is -2.12. The van der Waals surface area contributed by atoms with Crippen LogP contribution in [0.25, 0.3) is 0 Å². The lowest BCUT2D eigenvalue weighted by molar-refractivity contribution is 0.288. The van der Waals surface area contributed by atoms with Crippen molar-refractivity contribution in [1.82, 2.24) is 9.97 Å². The van der Waals surface area contributed by atoms with Gasteiger partial charge >= 0.3 is 0 Å². The van der Waals surface area contributed by atoms with Crippen LogP contribution in [0.15, 0.2) is 59.6 Å². The van der Waals surface area contributed by atoms with E-state index in [9.17, 15) is 12.8 Å². The minimum absolute atomic E-state index is 0.0341. The number of nitrogens with two attached hydrogens (primary N) is 1. The van der Waals surface area contributed by atoms with Gasteiger partial charge in [-0.15, -0.1) is 0 Å². The van der Waals surface area contributed by atoms with Gasteiger partial charge in [-0.05, 0) is 48.7 Å². The summed E-state index contributed by atoms with van der Waals surface area (Å²) in [6.45, 7) is 0.127. The third-order valence-corrected chi connectivity index (χ3v) is 4.91. The van der Waals surface area contributed by atoms with E-state index in [1.807, 2.05) is 12.1 Å². The molecule has 0 atom stereocenters. The van der Waals surface area contributed by atoms with E-state index in [0.717, 1.165) is 18.2 Å². The number of hydrogen-bond acceptors (Lipinski definition) is 7.